The Bertz CT molecular complexity index is 605. The lowest BCUT2D eigenvalue weighted by Gasteiger charge is -2.33. The van der Waals surface area contributed by atoms with E-state index in [4.69, 9.17) is 0 Å². The van der Waals surface area contributed by atoms with Crippen LogP contribution in [0, 0.1) is 0 Å². The van der Waals surface area contributed by atoms with Crippen molar-refractivity contribution in [2.75, 3.05) is 0 Å². The van der Waals surface area contributed by atoms with Crippen LogP contribution in [-0.2, 0) is 14.8 Å². The third-order valence-corrected chi connectivity index (χ3v) is 5.36. The molecule has 1 aliphatic rings. The van der Waals surface area contributed by atoms with Crippen LogP contribution in [-0.4, -0.2) is 37.1 Å². The number of benzene rings is 1. The topological polar surface area (TPSA) is 108 Å². The van der Waals surface area contributed by atoms with E-state index in [1.54, 1.807) is 26.0 Å². The third-order valence-electron chi connectivity index (χ3n) is 3.39. The quantitative estimate of drug-likeness (QED) is 0.595. The highest BCUT2D eigenvalue weighted by atomic mass is 32.2. The summed E-state index contributed by atoms with van der Waals surface area (Å²) >= 11 is 0. The summed E-state index contributed by atoms with van der Waals surface area (Å²) in [6.45, 7) is 3.25. The molecule has 1 heterocycles. The summed E-state index contributed by atoms with van der Waals surface area (Å²) in [7, 11) is -3.89. The second-order valence-electron chi connectivity index (χ2n) is 5.08. The van der Waals surface area contributed by atoms with Crippen LogP contribution in [0.2, 0.25) is 0 Å². The van der Waals surface area contributed by atoms with E-state index in [2.05, 4.69) is 15.4 Å². The van der Waals surface area contributed by atoms with Crippen LogP contribution >= 0.6 is 0 Å². The normalized spacial score (nSPS) is 28.0. The largest absolute Gasteiger partial charge is 0.361 e. The van der Waals surface area contributed by atoms with Gasteiger partial charge in [0.2, 0.25) is 15.9 Å². The van der Waals surface area contributed by atoms with Crippen molar-refractivity contribution in [3.8, 4) is 0 Å². The van der Waals surface area contributed by atoms with Gasteiger partial charge in [0, 0.05) is 12.1 Å². The van der Waals surface area contributed by atoms with Gasteiger partial charge in [0.1, 0.15) is 0 Å². The Labute approximate surface area is 123 Å². The highest BCUT2D eigenvalue weighted by Crippen LogP contribution is 2.17. The van der Waals surface area contributed by atoms with Gasteiger partial charge >= 0.3 is 0 Å². The molecule has 2 rings (SSSR count). The smallest absolute Gasteiger partial charge is 0.244 e. The zero-order valence-electron chi connectivity index (χ0n) is 11.8. The highest BCUT2D eigenvalue weighted by Gasteiger charge is 2.42. The van der Waals surface area contributed by atoms with E-state index in [1.165, 1.54) is 0 Å². The Balaban J connectivity index is 2.16. The van der Waals surface area contributed by atoms with Gasteiger partial charge in [-0.15, -0.1) is 0 Å². The first-order valence-corrected chi connectivity index (χ1v) is 8.16. The van der Waals surface area contributed by atoms with Gasteiger partial charge in [0.25, 0.3) is 0 Å². The van der Waals surface area contributed by atoms with Gasteiger partial charge in [-0.3, -0.25) is 10.1 Å². The molecule has 4 N–H and O–H groups in total. The zero-order valence-corrected chi connectivity index (χ0v) is 12.6. The first kappa shape index (κ1) is 15.9. The fourth-order valence-corrected chi connectivity index (χ4v) is 4.10. The van der Waals surface area contributed by atoms with Crippen molar-refractivity contribution >= 4 is 15.9 Å². The van der Waals surface area contributed by atoms with Crippen molar-refractivity contribution in [1.82, 2.24) is 15.4 Å². The van der Waals surface area contributed by atoms with Crippen LogP contribution in [0.5, 0.6) is 0 Å². The average Bonchev–Trinajstić information content (AvgIpc) is 2.37. The lowest BCUT2D eigenvalue weighted by molar-refractivity contribution is -0.127. The average molecular weight is 313 g/mol. The molecule has 0 aliphatic carbocycles. The summed E-state index contributed by atoms with van der Waals surface area (Å²) in [5, 5.41) is 12.8. The molecule has 0 radical (unpaired) electrons. The monoisotopic (exact) mass is 313 g/mol. The van der Waals surface area contributed by atoms with Crippen LogP contribution in [0.3, 0.4) is 0 Å². The maximum atomic E-state index is 12.4. The summed E-state index contributed by atoms with van der Waals surface area (Å²) in [5.41, 5.74) is 0.804. The fraction of sp³-hybridized carbons (Fsp3) is 0.462. The molecule has 1 saturated heterocycles. The minimum absolute atomic E-state index is 0.456. The Morgan fingerprint density at radius 2 is 1.90 bits per heavy atom. The molecule has 0 saturated carbocycles. The number of aliphatic hydroxyl groups excluding tert-OH is 1. The van der Waals surface area contributed by atoms with Crippen molar-refractivity contribution < 1.29 is 18.3 Å². The number of carbonyl (C=O) groups is 1. The van der Waals surface area contributed by atoms with Crippen LogP contribution < -0.4 is 15.4 Å². The maximum absolute atomic E-state index is 12.4. The molecule has 1 amide bonds. The lowest BCUT2D eigenvalue weighted by atomic mass is 10.1. The minimum Gasteiger partial charge on any atom is -0.361 e. The van der Waals surface area contributed by atoms with Gasteiger partial charge in [-0.1, -0.05) is 30.3 Å². The summed E-state index contributed by atoms with van der Waals surface area (Å²) in [4.78, 5) is 11.8. The summed E-state index contributed by atoms with van der Waals surface area (Å²) in [6.07, 6.45) is -1.23. The Morgan fingerprint density at radius 3 is 2.48 bits per heavy atom. The standard InChI is InChI=1S/C13H19N3O4S/c1-8(10-6-4-3-5-7-10)16-21(19,20)11-9(2)14-13(18)15-12(11)17/h3-9,11,13-14,16,18H,1-2H3,(H,15,17). The number of rotatable bonds is 4. The van der Waals surface area contributed by atoms with Crippen LogP contribution in [0.4, 0.5) is 0 Å². The number of hydrogen-bond acceptors (Lipinski definition) is 5. The van der Waals surface area contributed by atoms with Gasteiger partial charge < -0.3 is 10.4 Å². The molecule has 1 fully saturated rings. The SMILES string of the molecule is CC(NS(=O)(=O)C1C(=O)NC(O)NC1C)c1ccccc1. The van der Waals surface area contributed by atoms with Gasteiger partial charge in [-0.05, 0) is 19.4 Å². The molecule has 116 valence electrons. The van der Waals surface area contributed by atoms with Crippen molar-refractivity contribution in [2.24, 2.45) is 0 Å². The number of carbonyl (C=O) groups excluding carboxylic acids is 1. The van der Waals surface area contributed by atoms with Crippen LogP contribution in [0.15, 0.2) is 30.3 Å². The molecular formula is C13H19N3O4S. The Hall–Kier alpha value is -1.48. The second-order valence-corrected chi connectivity index (χ2v) is 6.92. The maximum Gasteiger partial charge on any atom is 0.244 e. The first-order chi connectivity index (χ1) is 9.81. The summed E-state index contributed by atoms with van der Waals surface area (Å²) in [6, 6.07) is 7.92. The van der Waals surface area contributed by atoms with E-state index in [9.17, 15) is 18.3 Å². The fourth-order valence-electron chi connectivity index (χ4n) is 2.36. The predicted octanol–water partition coefficient (Wildman–Crippen LogP) is -0.581. The van der Waals surface area contributed by atoms with E-state index in [0.29, 0.717) is 0 Å². The van der Waals surface area contributed by atoms with Crippen molar-refractivity contribution in [2.45, 2.75) is 37.5 Å². The molecule has 0 spiro atoms. The molecule has 1 aromatic carbocycles. The number of sulfonamides is 1. The van der Waals surface area contributed by atoms with Crippen molar-refractivity contribution in [3.05, 3.63) is 35.9 Å². The highest BCUT2D eigenvalue weighted by molar-refractivity contribution is 7.91. The first-order valence-electron chi connectivity index (χ1n) is 6.62. The summed E-state index contributed by atoms with van der Waals surface area (Å²) < 4.78 is 27.3. The van der Waals surface area contributed by atoms with E-state index in [0.717, 1.165) is 5.56 Å². The van der Waals surface area contributed by atoms with E-state index in [-0.39, 0.29) is 0 Å². The molecule has 4 atom stereocenters. The zero-order chi connectivity index (χ0) is 15.6. The van der Waals surface area contributed by atoms with Crippen LogP contribution in [0.25, 0.3) is 0 Å². The van der Waals surface area contributed by atoms with Gasteiger partial charge in [0.15, 0.2) is 11.6 Å². The van der Waals surface area contributed by atoms with Crippen LogP contribution in [0.1, 0.15) is 25.5 Å². The van der Waals surface area contributed by atoms with Crippen molar-refractivity contribution in [3.63, 3.8) is 0 Å². The summed E-state index contributed by atoms with van der Waals surface area (Å²) in [5.74, 6) is -0.721. The molecule has 0 bridgehead atoms. The molecule has 21 heavy (non-hydrogen) atoms. The molecule has 1 aliphatic heterocycles. The molecule has 4 unspecified atom stereocenters. The predicted molar refractivity (Wildman–Crippen MR) is 77.4 cm³/mol. The van der Waals surface area contributed by atoms with Gasteiger partial charge in [-0.25, -0.2) is 13.1 Å². The molecule has 0 aromatic heterocycles. The second kappa shape index (κ2) is 6.10. The molecule has 8 heteroatoms. The third kappa shape index (κ3) is 3.59. The van der Waals surface area contributed by atoms with Crippen molar-refractivity contribution in [1.29, 1.82) is 0 Å². The van der Waals surface area contributed by atoms with E-state index in [1.807, 2.05) is 18.2 Å². The van der Waals surface area contributed by atoms with Gasteiger partial charge in [0.05, 0.1) is 0 Å². The van der Waals surface area contributed by atoms with E-state index >= 15 is 0 Å². The molecule has 7 nitrogen and oxygen atoms in total. The number of amides is 1. The number of aliphatic hydroxyl groups is 1. The molecular weight excluding hydrogens is 294 g/mol. The number of hydrogen-bond donors (Lipinski definition) is 4. The minimum atomic E-state index is -3.89. The Kier molecular flexibility index (Phi) is 4.62. The van der Waals surface area contributed by atoms with E-state index < -0.39 is 39.6 Å². The number of nitrogens with one attached hydrogen (secondary N) is 3. The Morgan fingerprint density at radius 1 is 1.29 bits per heavy atom. The molecule has 1 aromatic rings. The lowest BCUT2D eigenvalue weighted by Crippen LogP contribution is -2.66. The van der Waals surface area contributed by atoms with Gasteiger partial charge in [-0.2, -0.15) is 0 Å².